The molecule has 0 bridgehead atoms. The Bertz CT molecular complexity index is 621. The van der Waals surface area contributed by atoms with Gasteiger partial charge in [0.2, 0.25) is 0 Å². The lowest BCUT2D eigenvalue weighted by atomic mass is 10.1. The molecule has 2 aromatic rings. The van der Waals surface area contributed by atoms with Crippen molar-refractivity contribution in [2.75, 3.05) is 0 Å². The van der Waals surface area contributed by atoms with E-state index in [-0.39, 0.29) is 12.2 Å². The van der Waals surface area contributed by atoms with Crippen molar-refractivity contribution in [3.05, 3.63) is 39.7 Å². The molecule has 0 aliphatic heterocycles. The highest BCUT2D eigenvalue weighted by Gasteiger charge is 2.15. The first-order valence-electron chi connectivity index (χ1n) is 5.95. The number of rotatable bonds is 4. The van der Waals surface area contributed by atoms with Gasteiger partial charge in [0, 0.05) is 24.2 Å². The Morgan fingerprint density at radius 3 is 2.68 bits per heavy atom. The van der Waals surface area contributed by atoms with Crippen LogP contribution in [0.1, 0.15) is 18.3 Å². The first-order valence-corrected chi connectivity index (χ1v) is 5.95. The Morgan fingerprint density at radius 1 is 1.37 bits per heavy atom. The topological polar surface area (TPSA) is 99.9 Å². The molecule has 0 radical (unpaired) electrons. The van der Waals surface area contributed by atoms with Crippen LogP contribution in [-0.4, -0.2) is 19.7 Å². The third-order valence-corrected chi connectivity index (χ3v) is 2.86. The number of hydrogen-bond donors (Lipinski definition) is 1. The van der Waals surface area contributed by atoms with Crippen LogP contribution < -0.4 is 5.73 Å². The Morgan fingerprint density at radius 2 is 2.11 bits per heavy atom. The lowest BCUT2D eigenvalue weighted by molar-refractivity contribution is -0.384. The molecule has 0 unspecified atom stereocenters. The number of aromatic nitrogens is 3. The van der Waals surface area contributed by atoms with E-state index in [1.807, 2.05) is 24.5 Å². The van der Waals surface area contributed by atoms with E-state index < -0.39 is 4.92 Å². The standard InChI is InChI=1S/C12H15N5O2/c1-3-16-11(7-13)14-15-12(16)9-4-8(2)5-10(6-9)17(18)19/h4-6H,3,7,13H2,1-2H3. The maximum absolute atomic E-state index is 10.9. The number of nitrogens with two attached hydrogens (primary N) is 1. The minimum atomic E-state index is -0.410. The van der Waals surface area contributed by atoms with Crippen molar-refractivity contribution in [3.63, 3.8) is 0 Å². The Labute approximate surface area is 110 Å². The van der Waals surface area contributed by atoms with Gasteiger partial charge in [0.15, 0.2) is 5.82 Å². The minimum Gasteiger partial charge on any atom is -0.324 e. The molecule has 1 aromatic heterocycles. The maximum atomic E-state index is 10.9. The summed E-state index contributed by atoms with van der Waals surface area (Å²) in [6.07, 6.45) is 0. The van der Waals surface area contributed by atoms with Gasteiger partial charge in [0.25, 0.3) is 5.69 Å². The lowest BCUT2D eigenvalue weighted by Gasteiger charge is -2.07. The van der Waals surface area contributed by atoms with Crippen LogP contribution in [0.4, 0.5) is 5.69 Å². The zero-order valence-corrected chi connectivity index (χ0v) is 10.8. The number of non-ortho nitro benzene ring substituents is 1. The summed E-state index contributed by atoms with van der Waals surface area (Å²) in [5.41, 5.74) is 7.14. The average Bonchev–Trinajstić information content (AvgIpc) is 2.80. The summed E-state index contributed by atoms with van der Waals surface area (Å²) in [4.78, 5) is 10.5. The van der Waals surface area contributed by atoms with Gasteiger partial charge in [-0.3, -0.25) is 10.1 Å². The Kier molecular flexibility index (Phi) is 3.57. The van der Waals surface area contributed by atoms with E-state index >= 15 is 0 Å². The monoisotopic (exact) mass is 261 g/mol. The summed E-state index contributed by atoms with van der Waals surface area (Å²) >= 11 is 0. The number of aryl methyl sites for hydroxylation is 1. The maximum Gasteiger partial charge on any atom is 0.270 e. The molecule has 7 heteroatoms. The van der Waals surface area contributed by atoms with Gasteiger partial charge in [0.1, 0.15) is 5.82 Å². The van der Waals surface area contributed by atoms with Crippen molar-refractivity contribution in [2.24, 2.45) is 5.73 Å². The largest absolute Gasteiger partial charge is 0.324 e. The fraction of sp³-hybridized carbons (Fsp3) is 0.333. The summed E-state index contributed by atoms with van der Waals surface area (Å²) in [5.74, 6) is 1.27. The van der Waals surface area contributed by atoms with E-state index in [9.17, 15) is 10.1 Å². The predicted octanol–water partition coefficient (Wildman–Crippen LogP) is 1.64. The summed E-state index contributed by atoms with van der Waals surface area (Å²) in [6.45, 7) is 4.72. The van der Waals surface area contributed by atoms with E-state index in [1.54, 1.807) is 0 Å². The molecule has 0 fully saturated rings. The molecule has 0 aliphatic rings. The molecular formula is C12H15N5O2. The van der Waals surface area contributed by atoms with Gasteiger partial charge in [-0.15, -0.1) is 10.2 Å². The third-order valence-electron chi connectivity index (χ3n) is 2.86. The van der Waals surface area contributed by atoms with Crippen molar-refractivity contribution in [2.45, 2.75) is 26.9 Å². The van der Waals surface area contributed by atoms with E-state index in [2.05, 4.69) is 10.2 Å². The van der Waals surface area contributed by atoms with Crippen LogP contribution in [0.5, 0.6) is 0 Å². The number of benzene rings is 1. The summed E-state index contributed by atoms with van der Waals surface area (Å²) in [5, 5.41) is 19.0. The quantitative estimate of drug-likeness (QED) is 0.666. The molecule has 2 N–H and O–H groups in total. The molecule has 19 heavy (non-hydrogen) atoms. The number of nitro groups is 1. The molecule has 1 aromatic carbocycles. The zero-order chi connectivity index (χ0) is 14.0. The third kappa shape index (κ3) is 2.45. The van der Waals surface area contributed by atoms with Crippen LogP contribution in [0.3, 0.4) is 0 Å². The van der Waals surface area contributed by atoms with Crippen LogP contribution in [0.25, 0.3) is 11.4 Å². The minimum absolute atomic E-state index is 0.0509. The van der Waals surface area contributed by atoms with Gasteiger partial charge in [0.05, 0.1) is 11.5 Å². The van der Waals surface area contributed by atoms with Gasteiger partial charge in [-0.05, 0) is 25.5 Å². The van der Waals surface area contributed by atoms with Crippen molar-refractivity contribution < 1.29 is 4.92 Å². The molecule has 100 valence electrons. The molecule has 0 saturated carbocycles. The fourth-order valence-corrected chi connectivity index (χ4v) is 2.03. The van der Waals surface area contributed by atoms with Crippen molar-refractivity contribution >= 4 is 5.69 Å². The zero-order valence-electron chi connectivity index (χ0n) is 10.8. The first-order chi connectivity index (χ1) is 9.06. The first kappa shape index (κ1) is 13.2. The summed E-state index contributed by atoms with van der Waals surface area (Å²) in [7, 11) is 0. The Hall–Kier alpha value is -2.28. The molecule has 2 rings (SSSR count). The molecule has 0 aliphatic carbocycles. The van der Waals surface area contributed by atoms with Gasteiger partial charge >= 0.3 is 0 Å². The van der Waals surface area contributed by atoms with Gasteiger partial charge in [-0.25, -0.2) is 0 Å². The van der Waals surface area contributed by atoms with E-state index in [0.717, 1.165) is 5.56 Å². The number of hydrogen-bond acceptors (Lipinski definition) is 5. The number of nitro benzene ring substituents is 1. The highest BCUT2D eigenvalue weighted by Crippen LogP contribution is 2.25. The molecule has 7 nitrogen and oxygen atoms in total. The molecular weight excluding hydrogens is 246 g/mol. The van der Waals surface area contributed by atoms with Crippen LogP contribution in [0.2, 0.25) is 0 Å². The lowest BCUT2D eigenvalue weighted by Crippen LogP contribution is -2.08. The van der Waals surface area contributed by atoms with Crippen molar-refractivity contribution in [3.8, 4) is 11.4 Å². The van der Waals surface area contributed by atoms with Crippen LogP contribution >= 0.6 is 0 Å². The highest BCUT2D eigenvalue weighted by atomic mass is 16.6. The normalized spacial score (nSPS) is 10.7. The van der Waals surface area contributed by atoms with Crippen LogP contribution in [0.15, 0.2) is 18.2 Å². The second-order valence-corrected chi connectivity index (χ2v) is 4.20. The fourth-order valence-electron chi connectivity index (χ4n) is 2.03. The molecule has 0 amide bonds. The second-order valence-electron chi connectivity index (χ2n) is 4.20. The SMILES string of the molecule is CCn1c(CN)nnc1-c1cc(C)cc([N+](=O)[O-])c1. The smallest absolute Gasteiger partial charge is 0.270 e. The summed E-state index contributed by atoms with van der Waals surface area (Å²) < 4.78 is 1.86. The van der Waals surface area contributed by atoms with Crippen LogP contribution in [0, 0.1) is 17.0 Å². The van der Waals surface area contributed by atoms with E-state index in [0.29, 0.717) is 23.8 Å². The molecule has 0 atom stereocenters. The van der Waals surface area contributed by atoms with Crippen molar-refractivity contribution in [1.29, 1.82) is 0 Å². The van der Waals surface area contributed by atoms with Crippen LogP contribution in [-0.2, 0) is 13.1 Å². The molecule has 0 saturated heterocycles. The van der Waals surface area contributed by atoms with Gasteiger partial charge in [-0.2, -0.15) is 0 Å². The Balaban J connectivity index is 2.58. The number of nitrogens with zero attached hydrogens (tertiary/aromatic N) is 4. The average molecular weight is 261 g/mol. The molecule has 1 heterocycles. The van der Waals surface area contributed by atoms with E-state index in [1.165, 1.54) is 12.1 Å². The van der Waals surface area contributed by atoms with Gasteiger partial charge < -0.3 is 10.3 Å². The summed E-state index contributed by atoms with van der Waals surface area (Å²) in [6, 6.07) is 4.88. The highest BCUT2D eigenvalue weighted by molar-refractivity contribution is 5.61. The molecule has 0 spiro atoms. The predicted molar refractivity (Wildman–Crippen MR) is 70.4 cm³/mol. The van der Waals surface area contributed by atoms with Gasteiger partial charge in [-0.1, -0.05) is 0 Å². The van der Waals surface area contributed by atoms with Crippen molar-refractivity contribution in [1.82, 2.24) is 14.8 Å². The van der Waals surface area contributed by atoms with E-state index in [4.69, 9.17) is 5.73 Å². The second kappa shape index (κ2) is 5.15.